The quantitative estimate of drug-likeness (QED) is 0.696. The van der Waals surface area contributed by atoms with Gasteiger partial charge in [0.05, 0.1) is 20.3 Å². The molecule has 1 heterocycles. The summed E-state index contributed by atoms with van der Waals surface area (Å²) in [7, 11) is 1.23. The van der Waals surface area contributed by atoms with Crippen molar-refractivity contribution in [3.05, 3.63) is 0 Å². The van der Waals surface area contributed by atoms with E-state index < -0.39 is 30.1 Å². The molecule has 0 saturated carbocycles. The third-order valence-corrected chi connectivity index (χ3v) is 3.62. The molecule has 1 aliphatic rings. The minimum Gasteiger partial charge on any atom is -0.480 e. The summed E-state index contributed by atoms with van der Waals surface area (Å²) in [5, 5.41) is 11.7. The van der Waals surface area contributed by atoms with Crippen molar-refractivity contribution >= 4 is 18.0 Å². The molecule has 8 heteroatoms. The number of ether oxygens (including phenoxy) is 2. The smallest absolute Gasteiger partial charge is 0.331 e. The zero-order valence-corrected chi connectivity index (χ0v) is 12.5. The van der Waals surface area contributed by atoms with Crippen LogP contribution in [-0.2, 0) is 19.1 Å². The summed E-state index contributed by atoms with van der Waals surface area (Å²) in [6.07, 6.45) is 0.612. The van der Waals surface area contributed by atoms with E-state index in [1.54, 1.807) is 6.92 Å². The average Bonchev–Trinajstić information content (AvgIpc) is 2.50. The van der Waals surface area contributed by atoms with E-state index in [0.29, 0.717) is 13.0 Å². The number of methoxy groups -OCH3 is 1. The maximum Gasteiger partial charge on any atom is 0.331 e. The summed E-state index contributed by atoms with van der Waals surface area (Å²) < 4.78 is 9.80. The Kier molecular flexibility index (Phi) is 6.41. The number of rotatable bonds is 5. The van der Waals surface area contributed by atoms with E-state index >= 15 is 0 Å². The largest absolute Gasteiger partial charge is 0.480 e. The van der Waals surface area contributed by atoms with Gasteiger partial charge in [0.25, 0.3) is 0 Å². The summed E-state index contributed by atoms with van der Waals surface area (Å²) in [4.78, 5) is 36.4. The maximum absolute atomic E-state index is 12.3. The molecule has 120 valence electrons. The van der Waals surface area contributed by atoms with Crippen LogP contribution in [0, 0.1) is 5.92 Å². The van der Waals surface area contributed by atoms with Gasteiger partial charge in [0.1, 0.15) is 6.04 Å². The van der Waals surface area contributed by atoms with Gasteiger partial charge in [-0.25, -0.2) is 14.4 Å². The Morgan fingerprint density at radius 1 is 1.48 bits per heavy atom. The lowest BCUT2D eigenvalue weighted by molar-refractivity contribution is -0.151. The maximum atomic E-state index is 12.3. The van der Waals surface area contributed by atoms with Crippen LogP contribution >= 0.6 is 0 Å². The minimum absolute atomic E-state index is 0.0428. The molecule has 0 bridgehead atoms. The number of aliphatic carboxylic acids is 1. The number of urea groups is 1. The van der Waals surface area contributed by atoms with E-state index in [9.17, 15) is 19.5 Å². The molecule has 3 atom stereocenters. The minimum atomic E-state index is -1.10. The van der Waals surface area contributed by atoms with E-state index in [1.807, 2.05) is 6.92 Å². The molecule has 0 aliphatic carbocycles. The molecular formula is C13H22N2O6. The second-order valence-corrected chi connectivity index (χ2v) is 4.96. The van der Waals surface area contributed by atoms with Crippen molar-refractivity contribution < 1.29 is 29.0 Å². The van der Waals surface area contributed by atoms with Gasteiger partial charge in [0.15, 0.2) is 6.04 Å². The number of carboxylic acid groups (broad SMARTS) is 1. The van der Waals surface area contributed by atoms with Gasteiger partial charge in [-0.15, -0.1) is 0 Å². The van der Waals surface area contributed by atoms with Crippen LogP contribution < -0.4 is 5.32 Å². The van der Waals surface area contributed by atoms with Crippen LogP contribution in [-0.4, -0.2) is 66.9 Å². The first-order chi connectivity index (χ1) is 9.92. The third kappa shape index (κ3) is 4.32. The first-order valence-corrected chi connectivity index (χ1v) is 6.87. The van der Waals surface area contributed by atoms with Crippen LogP contribution in [0.1, 0.15) is 20.3 Å². The highest BCUT2D eigenvalue weighted by molar-refractivity contribution is 5.87. The Balaban J connectivity index is 2.79. The van der Waals surface area contributed by atoms with Crippen LogP contribution in [0.2, 0.25) is 0 Å². The van der Waals surface area contributed by atoms with Gasteiger partial charge >= 0.3 is 18.0 Å². The molecule has 1 rings (SSSR count). The summed E-state index contributed by atoms with van der Waals surface area (Å²) >= 11 is 0. The normalized spacial score (nSPS) is 21.3. The van der Waals surface area contributed by atoms with Crippen LogP contribution in [0.5, 0.6) is 0 Å². The van der Waals surface area contributed by atoms with Crippen molar-refractivity contribution in [2.75, 3.05) is 26.9 Å². The summed E-state index contributed by atoms with van der Waals surface area (Å²) in [5.41, 5.74) is 0. The molecule has 1 fully saturated rings. The Morgan fingerprint density at radius 2 is 2.14 bits per heavy atom. The Hall–Kier alpha value is -1.83. The van der Waals surface area contributed by atoms with Crippen molar-refractivity contribution in [3.8, 4) is 0 Å². The summed E-state index contributed by atoms with van der Waals surface area (Å²) in [6.45, 7) is 4.14. The predicted molar refractivity (Wildman–Crippen MR) is 72.7 cm³/mol. The fourth-order valence-electron chi connectivity index (χ4n) is 2.08. The van der Waals surface area contributed by atoms with Gasteiger partial charge in [-0.3, -0.25) is 0 Å². The highest BCUT2D eigenvalue weighted by Crippen LogP contribution is 2.12. The Labute approximate surface area is 123 Å². The van der Waals surface area contributed by atoms with Crippen LogP contribution in [0.4, 0.5) is 4.79 Å². The zero-order valence-electron chi connectivity index (χ0n) is 12.5. The van der Waals surface area contributed by atoms with Crippen LogP contribution in [0.3, 0.4) is 0 Å². The van der Waals surface area contributed by atoms with Gasteiger partial charge in [-0.2, -0.15) is 0 Å². The summed E-state index contributed by atoms with van der Waals surface area (Å²) in [5.74, 6) is -1.90. The number of esters is 1. The van der Waals surface area contributed by atoms with Crippen molar-refractivity contribution in [2.24, 2.45) is 5.92 Å². The average molecular weight is 302 g/mol. The molecule has 2 N–H and O–H groups in total. The molecule has 1 aliphatic heterocycles. The van der Waals surface area contributed by atoms with Crippen LogP contribution in [0.15, 0.2) is 0 Å². The van der Waals surface area contributed by atoms with Gasteiger partial charge in [-0.05, 0) is 5.92 Å². The monoisotopic (exact) mass is 302 g/mol. The number of amides is 2. The van der Waals surface area contributed by atoms with E-state index in [0.717, 1.165) is 0 Å². The van der Waals surface area contributed by atoms with E-state index in [2.05, 4.69) is 10.1 Å². The molecule has 21 heavy (non-hydrogen) atoms. The number of carbonyl (C=O) groups excluding carboxylic acids is 2. The Morgan fingerprint density at radius 3 is 2.67 bits per heavy atom. The number of hydrogen-bond acceptors (Lipinski definition) is 5. The third-order valence-electron chi connectivity index (χ3n) is 3.62. The second-order valence-electron chi connectivity index (χ2n) is 4.96. The first kappa shape index (κ1) is 17.2. The number of carbonyl (C=O) groups is 3. The van der Waals surface area contributed by atoms with Crippen molar-refractivity contribution in [1.82, 2.24) is 10.2 Å². The standard InChI is InChI=1S/C13H22N2O6/c1-4-8(2)10(11(16)17)14-13(19)15-5-6-21-7-9(15)12(18)20-3/h8-10H,4-7H2,1-3H3,(H,14,19)(H,16,17)/t8?,9?,10-/m0/s1. The molecule has 0 aromatic heterocycles. The molecule has 2 unspecified atom stereocenters. The number of nitrogens with zero attached hydrogens (tertiary/aromatic N) is 1. The van der Waals surface area contributed by atoms with E-state index in [-0.39, 0.29) is 19.1 Å². The number of hydrogen-bond donors (Lipinski definition) is 2. The molecule has 0 spiro atoms. The zero-order chi connectivity index (χ0) is 16.0. The highest BCUT2D eigenvalue weighted by Gasteiger charge is 2.36. The fourth-order valence-corrected chi connectivity index (χ4v) is 2.08. The number of nitrogens with one attached hydrogen (secondary N) is 1. The van der Waals surface area contributed by atoms with Crippen molar-refractivity contribution in [1.29, 1.82) is 0 Å². The lowest BCUT2D eigenvalue weighted by Gasteiger charge is -2.34. The first-order valence-electron chi connectivity index (χ1n) is 6.87. The van der Waals surface area contributed by atoms with Crippen LogP contribution in [0.25, 0.3) is 0 Å². The second kappa shape index (κ2) is 7.82. The fraction of sp³-hybridized carbons (Fsp3) is 0.769. The van der Waals surface area contributed by atoms with Crippen molar-refractivity contribution in [2.45, 2.75) is 32.4 Å². The Bertz CT molecular complexity index is 400. The molecule has 2 amide bonds. The molecule has 1 saturated heterocycles. The lowest BCUT2D eigenvalue weighted by atomic mass is 9.99. The van der Waals surface area contributed by atoms with Crippen molar-refractivity contribution in [3.63, 3.8) is 0 Å². The summed E-state index contributed by atoms with van der Waals surface area (Å²) in [6, 6.07) is -2.44. The molecule has 0 aromatic carbocycles. The van der Waals surface area contributed by atoms with Gasteiger partial charge in [0.2, 0.25) is 0 Å². The molecular weight excluding hydrogens is 280 g/mol. The molecule has 0 radical (unpaired) electrons. The SMILES string of the molecule is CCC(C)[C@H](NC(=O)N1CCOCC1C(=O)OC)C(=O)O. The van der Waals surface area contributed by atoms with Gasteiger partial charge in [0, 0.05) is 6.54 Å². The van der Waals surface area contributed by atoms with E-state index in [1.165, 1.54) is 12.0 Å². The number of morpholine rings is 1. The van der Waals surface area contributed by atoms with E-state index in [4.69, 9.17) is 4.74 Å². The topological polar surface area (TPSA) is 105 Å². The lowest BCUT2D eigenvalue weighted by Crippen LogP contribution is -2.59. The number of carboxylic acids is 1. The van der Waals surface area contributed by atoms with Gasteiger partial charge < -0.3 is 24.8 Å². The predicted octanol–water partition coefficient (Wildman–Crippen LogP) is 0.0691. The highest BCUT2D eigenvalue weighted by atomic mass is 16.5. The molecule has 0 aromatic rings. The van der Waals surface area contributed by atoms with Gasteiger partial charge in [-0.1, -0.05) is 20.3 Å². The molecule has 8 nitrogen and oxygen atoms in total.